The highest BCUT2D eigenvalue weighted by Gasteiger charge is 2.26. The number of carbonyl (C=O) groups excluding carboxylic acids is 1. The number of hydrogen-bond acceptors (Lipinski definition) is 4. The number of aliphatic carboxylic acids is 1. The van der Waals surface area contributed by atoms with Crippen molar-refractivity contribution in [3.05, 3.63) is 0 Å². The summed E-state index contributed by atoms with van der Waals surface area (Å²) in [7, 11) is 1.44. The average Bonchev–Trinajstić information content (AvgIpc) is 2.21. The van der Waals surface area contributed by atoms with Gasteiger partial charge in [-0.2, -0.15) is 0 Å². The van der Waals surface area contributed by atoms with Gasteiger partial charge in [0, 0.05) is 13.2 Å². The standard InChI is InChI=1S/C11H22N2O4/c1-5-13(6-10(14)12-8(2)3)9(7-17-4)11(15)16/h8-9H,5-7H2,1-4H3,(H,12,14)(H,15,16). The largest absolute Gasteiger partial charge is 0.480 e. The van der Waals surface area contributed by atoms with Crippen molar-refractivity contribution in [1.29, 1.82) is 0 Å². The summed E-state index contributed by atoms with van der Waals surface area (Å²) < 4.78 is 4.86. The molecule has 1 unspecified atom stereocenters. The van der Waals surface area contributed by atoms with Crippen molar-refractivity contribution in [3.8, 4) is 0 Å². The molecule has 0 fully saturated rings. The maximum Gasteiger partial charge on any atom is 0.323 e. The normalized spacial score (nSPS) is 12.8. The Balaban J connectivity index is 4.47. The van der Waals surface area contributed by atoms with E-state index in [0.717, 1.165) is 0 Å². The minimum Gasteiger partial charge on any atom is -0.480 e. The van der Waals surface area contributed by atoms with Crippen LogP contribution in [0.1, 0.15) is 20.8 Å². The molecular formula is C11H22N2O4. The molecule has 0 saturated carbocycles. The topological polar surface area (TPSA) is 78.9 Å². The van der Waals surface area contributed by atoms with Gasteiger partial charge in [-0.1, -0.05) is 6.92 Å². The van der Waals surface area contributed by atoms with Gasteiger partial charge in [-0.3, -0.25) is 14.5 Å². The third kappa shape index (κ3) is 6.23. The first-order valence-corrected chi connectivity index (χ1v) is 5.67. The predicted molar refractivity (Wildman–Crippen MR) is 63.8 cm³/mol. The third-order valence-corrected chi connectivity index (χ3v) is 2.25. The van der Waals surface area contributed by atoms with Crippen molar-refractivity contribution in [3.63, 3.8) is 0 Å². The van der Waals surface area contributed by atoms with E-state index in [-0.39, 0.29) is 25.1 Å². The van der Waals surface area contributed by atoms with Gasteiger partial charge in [-0.15, -0.1) is 0 Å². The predicted octanol–water partition coefficient (Wildman–Crippen LogP) is -0.0675. The van der Waals surface area contributed by atoms with E-state index in [9.17, 15) is 9.59 Å². The second kappa shape index (κ2) is 8.03. The number of carboxylic acid groups (broad SMARTS) is 1. The van der Waals surface area contributed by atoms with E-state index in [2.05, 4.69) is 5.32 Å². The first-order valence-electron chi connectivity index (χ1n) is 5.67. The number of ether oxygens (including phenoxy) is 1. The maximum absolute atomic E-state index is 11.6. The van der Waals surface area contributed by atoms with Crippen LogP contribution in [0.25, 0.3) is 0 Å². The van der Waals surface area contributed by atoms with E-state index < -0.39 is 12.0 Å². The Morgan fingerprint density at radius 2 is 2.00 bits per heavy atom. The zero-order valence-corrected chi connectivity index (χ0v) is 10.9. The lowest BCUT2D eigenvalue weighted by molar-refractivity contribution is -0.146. The number of carbonyl (C=O) groups is 2. The highest BCUT2D eigenvalue weighted by Crippen LogP contribution is 2.00. The average molecular weight is 246 g/mol. The van der Waals surface area contributed by atoms with Crippen LogP contribution in [-0.2, 0) is 14.3 Å². The van der Waals surface area contributed by atoms with Gasteiger partial charge in [-0.25, -0.2) is 0 Å². The van der Waals surface area contributed by atoms with Gasteiger partial charge < -0.3 is 15.2 Å². The van der Waals surface area contributed by atoms with Gasteiger partial charge in [0.1, 0.15) is 6.04 Å². The molecule has 17 heavy (non-hydrogen) atoms. The monoisotopic (exact) mass is 246 g/mol. The molecule has 0 aliphatic rings. The summed E-state index contributed by atoms with van der Waals surface area (Å²) in [4.78, 5) is 24.2. The summed E-state index contributed by atoms with van der Waals surface area (Å²) in [5.74, 6) is -1.16. The molecule has 0 aliphatic carbocycles. The fraction of sp³-hybridized carbons (Fsp3) is 0.818. The molecule has 6 nitrogen and oxygen atoms in total. The minimum atomic E-state index is -0.981. The molecule has 0 saturated heterocycles. The summed E-state index contributed by atoms with van der Waals surface area (Å²) in [5, 5.41) is 11.8. The van der Waals surface area contributed by atoms with Crippen LogP contribution >= 0.6 is 0 Å². The van der Waals surface area contributed by atoms with E-state index in [1.807, 2.05) is 20.8 Å². The van der Waals surface area contributed by atoms with E-state index >= 15 is 0 Å². The Labute approximate surface area is 102 Å². The van der Waals surface area contributed by atoms with E-state index in [1.165, 1.54) is 7.11 Å². The molecule has 0 aliphatic heterocycles. The van der Waals surface area contributed by atoms with Crippen LogP contribution in [0.4, 0.5) is 0 Å². The first kappa shape index (κ1) is 15.9. The molecule has 1 atom stereocenters. The number of hydrogen-bond donors (Lipinski definition) is 2. The van der Waals surface area contributed by atoms with E-state index in [4.69, 9.17) is 9.84 Å². The Morgan fingerprint density at radius 1 is 1.41 bits per heavy atom. The highest BCUT2D eigenvalue weighted by molar-refractivity contribution is 5.80. The van der Waals surface area contributed by atoms with Gasteiger partial charge in [0.25, 0.3) is 0 Å². The van der Waals surface area contributed by atoms with Crippen molar-refractivity contribution >= 4 is 11.9 Å². The Morgan fingerprint density at radius 3 is 2.35 bits per heavy atom. The summed E-state index contributed by atoms with van der Waals surface area (Å²) >= 11 is 0. The van der Waals surface area contributed by atoms with Crippen LogP contribution in [0.3, 0.4) is 0 Å². The van der Waals surface area contributed by atoms with Crippen molar-refractivity contribution in [2.45, 2.75) is 32.9 Å². The number of rotatable bonds is 8. The smallest absolute Gasteiger partial charge is 0.323 e. The molecule has 0 aromatic rings. The Hall–Kier alpha value is -1.14. The Bertz CT molecular complexity index is 256. The van der Waals surface area contributed by atoms with Crippen LogP contribution in [-0.4, -0.2) is 60.8 Å². The molecule has 0 spiro atoms. The summed E-state index contributed by atoms with van der Waals surface area (Å²) in [6.07, 6.45) is 0. The van der Waals surface area contributed by atoms with Crippen LogP contribution in [0, 0.1) is 0 Å². The number of methoxy groups -OCH3 is 1. The molecule has 0 rings (SSSR count). The first-order chi connectivity index (χ1) is 7.92. The van der Waals surface area contributed by atoms with Gasteiger partial charge in [0.05, 0.1) is 13.2 Å². The minimum absolute atomic E-state index is 0.0481. The Kier molecular flexibility index (Phi) is 7.49. The molecule has 100 valence electrons. The molecule has 0 aromatic carbocycles. The van der Waals surface area contributed by atoms with Gasteiger partial charge in [-0.05, 0) is 20.4 Å². The van der Waals surface area contributed by atoms with Gasteiger partial charge in [0.2, 0.25) is 5.91 Å². The number of carboxylic acids is 1. The van der Waals surface area contributed by atoms with Crippen molar-refractivity contribution in [1.82, 2.24) is 10.2 Å². The van der Waals surface area contributed by atoms with Crippen molar-refractivity contribution < 1.29 is 19.4 Å². The van der Waals surface area contributed by atoms with E-state index in [1.54, 1.807) is 4.90 Å². The quantitative estimate of drug-likeness (QED) is 0.627. The SMILES string of the molecule is CCN(CC(=O)NC(C)C)C(COC)C(=O)O. The lowest BCUT2D eigenvalue weighted by atomic mass is 10.2. The summed E-state index contributed by atoms with van der Waals surface area (Å²) in [6, 6.07) is -0.741. The number of nitrogens with zero attached hydrogens (tertiary/aromatic N) is 1. The fourth-order valence-corrected chi connectivity index (χ4v) is 1.49. The molecule has 0 aromatic heterocycles. The van der Waals surface area contributed by atoms with E-state index in [0.29, 0.717) is 6.54 Å². The molecule has 0 radical (unpaired) electrons. The second-order valence-corrected chi connectivity index (χ2v) is 4.09. The molecule has 6 heteroatoms. The third-order valence-electron chi connectivity index (χ3n) is 2.25. The molecule has 0 heterocycles. The summed E-state index contributed by atoms with van der Waals surface area (Å²) in [6.45, 7) is 6.14. The van der Waals surface area contributed by atoms with Crippen LogP contribution in [0.15, 0.2) is 0 Å². The van der Waals surface area contributed by atoms with Crippen LogP contribution < -0.4 is 5.32 Å². The lowest BCUT2D eigenvalue weighted by Crippen LogP contribution is -2.49. The highest BCUT2D eigenvalue weighted by atomic mass is 16.5. The zero-order chi connectivity index (χ0) is 13.4. The molecule has 2 N–H and O–H groups in total. The fourth-order valence-electron chi connectivity index (χ4n) is 1.49. The van der Waals surface area contributed by atoms with Crippen molar-refractivity contribution in [2.24, 2.45) is 0 Å². The zero-order valence-electron chi connectivity index (χ0n) is 10.9. The number of nitrogens with one attached hydrogen (secondary N) is 1. The second-order valence-electron chi connectivity index (χ2n) is 4.09. The molecule has 1 amide bonds. The number of likely N-dealkylation sites (N-methyl/N-ethyl adjacent to an activating group) is 1. The number of amides is 1. The molecular weight excluding hydrogens is 224 g/mol. The van der Waals surface area contributed by atoms with Gasteiger partial charge >= 0.3 is 5.97 Å². The lowest BCUT2D eigenvalue weighted by Gasteiger charge is -2.26. The maximum atomic E-state index is 11.6. The van der Waals surface area contributed by atoms with Crippen LogP contribution in [0.5, 0.6) is 0 Å². The van der Waals surface area contributed by atoms with Crippen LogP contribution in [0.2, 0.25) is 0 Å². The summed E-state index contributed by atoms with van der Waals surface area (Å²) in [5.41, 5.74) is 0. The van der Waals surface area contributed by atoms with Crippen molar-refractivity contribution in [2.75, 3.05) is 26.8 Å². The van der Waals surface area contributed by atoms with Gasteiger partial charge in [0.15, 0.2) is 0 Å². The molecule has 0 bridgehead atoms.